The van der Waals surface area contributed by atoms with Crippen molar-refractivity contribution in [2.75, 3.05) is 26.7 Å². The van der Waals surface area contributed by atoms with E-state index >= 15 is 0 Å². The summed E-state index contributed by atoms with van der Waals surface area (Å²) in [7, 11) is 1.92. The van der Waals surface area contributed by atoms with E-state index in [9.17, 15) is 4.79 Å². The Balaban J connectivity index is 1.76. The number of likely N-dealkylation sites (N-methyl/N-ethyl adjacent to an activating group) is 1. The largest absolute Gasteiger partial charge is 0.320 e. The molecule has 3 rings (SSSR count). The van der Waals surface area contributed by atoms with Crippen LogP contribution in [-0.4, -0.2) is 48.6 Å². The van der Waals surface area contributed by atoms with E-state index in [1.807, 2.05) is 11.9 Å². The highest BCUT2D eigenvalue weighted by atomic mass is 32.1. The normalized spacial score (nSPS) is 26.1. The third-order valence-corrected chi connectivity index (χ3v) is 4.98. The smallest absolute Gasteiger partial charge is 0.319 e. The minimum absolute atomic E-state index is 0.195. The zero-order valence-corrected chi connectivity index (χ0v) is 11.4. The summed E-state index contributed by atoms with van der Waals surface area (Å²) in [5, 5.41) is 5.44. The molecule has 1 N–H and O–H groups in total. The summed E-state index contributed by atoms with van der Waals surface area (Å²) < 4.78 is 0. The van der Waals surface area contributed by atoms with Crippen molar-refractivity contribution in [3.8, 4) is 0 Å². The first kappa shape index (κ1) is 12.0. The van der Waals surface area contributed by atoms with E-state index in [4.69, 9.17) is 0 Å². The van der Waals surface area contributed by atoms with Gasteiger partial charge in [-0.15, -0.1) is 11.3 Å². The van der Waals surface area contributed by atoms with Crippen LogP contribution < -0.4 is 5.32 Å². The molecule has 1 atom stereocenters. The van der Waals surface area contributed by atoms with Crippen LogP contribution in [0.4, 0.5) is 4.79 Å². The first-order valence-corrected chi connectivity index (χ1v) is 7.43. The Morgan fingerprint density at radius 1 is 1.39 bits per heavy atom. The van der Waals surface area contributed by atoms with Gasteiger partial charge in [0.2, 0.25) is 0 Å². The van der Waals surface area contributed by atoms with Crippen LogP contribution in [0.15, 0.2) is 17.5 Å². The van der Waals surface area contributed by atoms with Gasteiger partial charge in [-0.1, -0.05) is 6.07 Å². The Hall–Kier alpha value is -1.07. The average Bonchev–Trinajstić information content (AvgIpc) is 3.01. The van der Waals surface area contributed by atoms with E-state index < -0.39 is 0 Å². The van der Waals surface area contributed by atoms with Crippen molar-refractivity contribution in [3.63, 3.8) is 0 Å². The number of urea groups is 1. The van der Waals surface area contributed by atoms with E-state index in [2.05, 4.69) is 27.7 Å². The van der Waals surface area contributed by atoms with E-state index in [-0.39, 0.29) is 12.1 Å². The molecule has 3 heterocycles. The third kappa shape index (κ3) is 2.01. The lowest BCUT2D eigenvalue weighted by Crippen LogP contribution is -2.44. The van der Waals surface area contributed by atoms with Gasteiger partial charge < -0.3 is 15.1 Å². The van der Waals surface area contributed by atoms with Crippen LogP contribution in [0.5, 0.6) is 0 Å². The minimum atomic E-state index is 0.195. The number of carbonyl (C=O) groups excluding carboxylic acids is 1. The van der Waals surface area contributed by atoms with Crippen molar-refractivity contribution in [2.24, 2.45) is 0 Å². The molecule has 18 heavy (non-hydrogen) atoms. The lowest BCUT2D eigenvalue weighted by atomic mass is 10.1. The van der Waals surface area contributed by atoms with Gasteiger partial charge in [-0.05, 0) is 37.4 Å². The molecule has 2 aliphatic rings. The quantitative estimate of drug-likeness (QED) is 0.886. The third-order valence-electron chi connectivity index (χ3n) is 4.01. The molecule has 1 aromatic rings. The van der Waals surface area contributed by atoms with E-state index in [0.717, 1.165) is 32.5 Å². The molecule has 0 radical (unpaired) electrons. The number of hydrogen-bond acceptors (Lipinski definition) is 3. The average molecular weight is 265 g/mol. The summed E-state index contributed by atoms with van der Waals surface area (Å²) in [6.07, 6.45) is 2.16. The topological polar surface area (TPSA) is 35.6 Å². The van der Waals surface area contributed by atoms with Gasteiger partial charge in [0.25, 0.3) is 0 Å². The summed E-state index contributed by atoms with van der Waals surface area (Å²) in [5.41, 5.74) is 0. The van der Waals surface area contributed by atoms with E-state index in [1.54, 1.807) is 11.3 Å². The fraction of sp³-hybridized carbons (Fsp3) is 0.615. The molecular formula is C13H19N3OS. The van der Waals surface area contributed by atoms with Crippen molar-refractivity contribution < 1.29 is 4.79 Å². The van der Waals surface area contributed by atoms with Crippen LogP contribution in [0, 0.1) is 0 Å². The van der Waals surface area contributed by atoms with Gasteiger partial charge in [0, 0.05) is 24.5 Å². The zero-order valence-electron chi connectivity index (χ0n) is 10.6. The van der Waals surface area contributed by atoms with Gasteiger partial charge in [-0.3, -0.25) is 0 Å². The van der Waals surface area contributed by atoms with Crippen LogP contribution in [-0.2, 0) is 0 Å². The second-order valence-electron chi connectivity index (χ2n) is 5.06. The summed E-state index contributed by atoms with van der Waals surface area (Å²) in [6, 6.07) is 5.05. The number of nitrogens with zero attached hydrogens (tertiary/aromatic N) is 2. The van der Waals surface area contributed by atoms with Gasteiger partial charge in [0.1, 0.15) is 0 Å². The second-order valence-corrected chi connectivity index (χ2v) is 6.04. The minimum Gasteiger partial charge on any atom is -0.319 e. The number of hydrogen-bond donors (Lipinski definition) is 1. The SMILES string of the molecule is CN1C(=O)N(C2CCNCC2)CC1c1cccs1. The second kappa shape index (κ2) is 4.90. The molecule has 1 aromatic heterocycles. The van der Waals surface area contributed by atoms with Crippen molar-refractivity contribution in [1.82, 2.24) is 15.1 Å². The fourth-order valence-corrected chi connectivity index (χ4v) is 3.77. The van der Waals surface area contributed by atoms with Crippen LogP contribution in [0.1, 0.15) is 23.8 Å². The monoisotopic (exact) mass is 265 g/mol. The van der Waals surface area contributed by atoms with Crippen molar-refractivity contribution >= 4 is 17.4 Å². The molecule has 1 unspecified atom stereocenters. The number of nitrogens with one attached hydrogen (secondary N) is 1. The maximum absolute atomic E-state index is 12.3. The standard InChI is InChI=1S/C13H19N3OS/c1-15-11(12-3-2-8-18-12)9-16(13(15)17)10-4-6-14-7-5-10/h2-3,8,10-11,14H,4-7,9H2,1H3. The van der Waals surface area contributed by atoms with Crippen LogP contribution in [0.2, 0.25) is 0 Å². The predicted octanol–water partition coefficient (Wildman–Crippen LogP) is 1.91. The molecule has 98 valence electrons. The lowest BCUT2D eigenvalue weighted by Gasteiger charge is -2.30. The van der Waals surface area contributed by atoms with Gasteiger partial charge >= 0.3 is 6.03 Å². The number of thiophene rings is 1. The highest BCUT2D eigenvalue weighted by molar-refractivity contribution is 7.10. The van der Waals surface area contributed by atoms with Gasteiger partial charge in [0.15, 0.2) is 0 Å². The molecule has 2 fully saturated rings. The molecule has 0 spiro atoms. The van der Waals surface area contributed by atoms with Crippen LogP contribution in [0.25, 0.3) is 0 Å². The maximum atomic E-state index is 12.3. The van der Waals surface area contributed by atoms with E-state index in [0.29, 0.717) is 6.04 Å². The summed E-state index contributed by atoms with van der Waals surface area (Å²) >= 11 is 1.74. The molecule has 2 aliphatic heterocycles. The number of amides is 2. The van der Waals surface area contributed by atoms with Crippen molar-refractivity contribution in [3.05, 3.63) is 22.4 Å². The summed E-state index contributed by atoms with van der Waals surface area (Å²) in [4.78, 5) is 17.6. The first-order valence-electron chi connectivity index (χ1n) is 6.55. The van der Waals surface area contributed by atoms with Crippen LogP contribution >= 0.6 is 11.3 Å². The zero-order chi connectivity index (χ0) is 12.5. The molecule has 4 nitrogen and oxygen atoms in total. The molecule has 0 bridgehead atoms. The van der Waals surface area contributed by atoms with Crippen molar-refractivity contribution in [2.45, 2.75) is 24.9 Å². The van der Waals surface area contributed by atoms with Crippen molar-refractivity contribution in [1.29, 1.82) is 0 Å². The maximum Gasteiger partial charge on any atom is 0.320 e. The molecular weight excluding hydrogens is 246 g/mol. The van der Waals surface area contributed by atoms with E-state index in [1.165, 1.54) is 4.88 Å². The Morgan fingerprint density at radius 2 is 2.17 bits per heavy atom. The molecule has 2 amide bonds. The molecule has 2 saturated heterocycles. The van der Waals surface area contributed by atoms with Gasteiger partial charge in [-0.2, -0.15) is 0 Å². The Labute approximate surface area is 112 Å². The first-order chi connectivity index (χ1) is 8.77. The Bertz CT molecular complexity index is 414. The number of piperidine rings is 1. The fourth-order valence-electron chi connectivity index (χ4n) is 2.91. The van der Waals surface area contributed by atoms with Crippen LogP contribution in [0.3, 0.4) is 0 Å². The molecule has 5 heteroatoms. The predicted molar refractivity (Wildman–Crippen MR) is 72.8 cm³/mol. The van der Waals surface area contributed by atoms with Gasteiger partial charge in [0.05, 0.1) is 6.04 Å². The van der Waals surface area contributed by atoms with Gasteiger partial charge in [-0.25, -0.2) is 4.79 Å². The molecule has 0 saturated carbocycles. The Morgan fingerprint density at radius 3 is 2.83 bits per heavy atom. The highest BCUT2D eigenvalue weighted by Crippen LogP contribution is 2.33. The Kier molecular flexibility index (Phi) is 3.26. The lowest BCUT2D eigenvalue weighted by molar-refractivity contribution is 0.170. The summed E-state index contributed by atoms with van der Waals surface area (Å²) in [5.74, 6) is 0. The molecule has 0 aromatic carbocycles. The highest BCUT2D eigenvalue weighted by Gasteiger charge is 2.39. The number of carbonyl (C=O) groups is 1. The number of rotatable bonds is 2. The molecule has 0 aliphatic carbocycles. The summed E-state index contributed by atoms with van der Waals surface area (Å²) in [6.45, 7) is 2.91.